The van der Waals surface area contributed by atoms with Crippen LogP contribution in [0.3, 0.4) is 0 Å². The number of carbonyl (C=O) groups excluding carboxylic acids is 1. The monoisotopic (exact) mass is 432 g/mol. The highest BCUT2D eigenvalue weighted by Gasteiger charge is 2.31. The Hall–Kier alpha value is -2.46. The molecule has 2 N–H and O–H groups in total. The van der Waals surface area contributed by atoms with Crippen molar-refractivity contribution in [1.82, 2.24) is 4.72 Å². The van der Waals surface area contributed by atoms with Gasteiger partial charge in [-0.15, -0.1) is 0 Å². The van der Waals surface area contributed by atoms with Crippen molar-refractivity contribution in [3.05, 3.63) is 59.9 Å². The van der Waals surface area contributed by atoms with Crippen molar-refractivity contribution in [2.45, 2.75) is 37.4 Å². The lowest BCUT2D eigenvalue weighted by Gasteiger charge is -2.20. The number of hydrogen-bond acceptors (Lipinski definition) is 3. The average molecular weight is 432 g/mol. The van der Waals surface area contributed by atoms with E-state index in [0.717, 1.165) is 42.5 Å². The van der Waals surface area contributed by atoms with E-state index < -0.39 is 39.5 Å². The fraction of sp³-hybridized carbons (Fsp3) is 0.316. The predicted octanol–water partition coefficient (Wildman–Crippen LogP) is 4.18. The molecule has 158 valence electrons. The van der Waals surface area contributed by atoms with E-state index in [9.17, 15) is 30.8 Å². The van der Waals surface area contributed by atoms with Gasteiger partial charge in [-0.25, -0.2) is 12.8 Å². The van der Waals surface area contributed by atoms with E-state index in [2.05, 4.69) is 10.0 Å². The minimum absolute atomic E-state index is 0.0943. The Balaban J connectivity index is 2.23. The summed E-state index contributed by atoms with van der Waals surface area (Å²) in [7, 11) is -4.15. The quantitative estimate of drug-likeness (QED) is 0.645. The summed E-state index contributed by atoms with van der Waals surface area (Å²) in [4.78, 5) is 12.4. The minimum atomic E-state index is -4.58. The van der Waals surface area contributed by atoms with Crippen molar-refractivity contribution in [3.8, 4) is 0 Å². The van der Waals surface area contributed by atoms with Gasteiger partial charge < -0.3 is 5.32 Å². The molecule has 1 atom stereocenters. The van der Waals surface area contributed by atoms with Gasteiger partial charge in [-0.1, -0.05) is 19.9 Å². The molecule has 29 heavy (non-hydrogen) atoms. The van der Waals surface area contributed by atoms with Crippen LogP contribution in [-0.2, 0) is 21.0 Å². The van der Waals surface area contributed by atoms with Gasteiger partial charge in [0.1, 0.15) is 11.9 Å². The lowest BCUT2D eigenvalue weighted by atomic mass is 10.0. The molecule has 5 nitrogen and oxygen atoms in total. The Bertz CT molecular complexity index is 958. The van der Waals surface area contributed by atoms with Gasteiger partial charge in [0, 0.05) is 5.69 Å². The fourth-order valence-corrected chi connectivity index (χ4v) is 3.76. The first kappa shape index (κ1) is 22.8. The van der Waals surface area contributed by atoms with E-state index in [-0.39, 0.29) is 22.9 Å². The van der Waals surface area contributed by atoms with E-state index in [4.69, 9.17) is 0 Å². The number of amides is 1. The average Bonchev–Trinajstić information content (AvgIpc) is 2.60. The molecule has 2 rings (SSSR count). The number of sulfonamides is 1. The van der Waals surface area contributed by atoms with Gasteiger partial charge in [0.25, 0.3) is 0 Å². The number of nitrogens with one attached hydrogen (secondary N) is 2. The SMILES string of the molecule is CC(C)CC(NS(=O)(=O)c1ccc(F)cc1)C(=O)Nc1cccc(C(F)(F)F)c1. The molecule has 0 bridgehead atoms. The zero-order chi connectivity index (χ0) is 21.8. The van der Waals surface area contributed by atoms with Gasteiger partial charge in [0.2, 0.25) is 15.9 Å². The highest BCUT2D eigenvalue weighted by atomic mass is 32.2. The van der Waals surface area contributed by atoms with Crippen LogP contribution in [0.25, 0.3) is 0 Å². The van der Waals surface area contributed by atoms with Crippen LogP contribution in [0.2, 0.25) is 0 Å². The van der Waals surface area contributed by atoms with Crippen molar-refractivity contribution >= 4 is 21.6 Å². The molecule has 0 heterocycles. The molecule has 2 aromatic rings. The molecule has 0 aromatic heterocycles. The molecule has 0 fully saturated rings. The number of benzene rings is 2. The highest BCUT2D eigenvalue weighted by Crippen LogP contribution is 2.30. The third-order valence-corrected chi connectivity index (χ3v) is 5.39. The van der Waals surface area contributed by atoms with Crippen LogP contribution in [-0.4, -0.2) is 20.4 Å². The van der Waals surface area contributed by atoms with Crippen LogP contribution in [0.1, 0.15) is 25.8 Å². The van der Waals surface area contributed by atoms with Crippen LogP contribution in [0.5, 0.6) is 0 Å². The van der Waals surface area contributed by atoms with Crippen LogP contribution in [0.4, 0.5) is 23.2 Å². The number of halogens is 4. The van der Waals surface area contributed by atoms with Crippen LogP contribution < -0.4 is 10.0 Å². The topological polar surface area (TPSA) is 75.3 Å². The number of hydrogen-bond donors (Lipinski definition) is 2. The first-order chi connectivity index (χ1) is 13.4. The zero-order valence-corrected chi connectivity index (χ0v) is 16.4. The summed E-state index contributed by atoms with van der Waals surface area (Å²) in [5, 5.41) is 2.32. The molecule has 0 aliphatic heterocycles. The van der Waals surface area contributed by atoms with Crippen molar-refractivity contribution in [3.63, 3.8) is 0 Å². The summed E-state index contributed by atoms with van der Waals surface area (Å²) >= 11 is 0. The van der Waals surface area contributed by atoms with E-state index >= 15 is 0 Å². The number of alkyl halides is 3. The van der Waals surface area contributed by atoms with E-state index in [0.29, 0.717) is 0 Å². The summed E-state index contributed by atoms with van der Waals surface area (Å²) in [6.45, 7) is 3.52. The molecule has 10 heteroatoms. The van der Waals surface area contributed by atoms with Gasteiger partial charge in [0.15, 0.2) is 0 Å². The molecular formula is C19H20F4N2O3S. The van der Waals surface area contributed by atoms with E-state index in [1.165, 1.54) is 6.07 Å². The number of rotatable bonds is 7. The number of carbonyl (C=O) groups is 1. The molecular weight excluding hydrogens is 412 g/mol. The normalized spacial score (nSPS) is 13.3. The van der Waals surface area contributed by atoms with E-state index in [1.54, 1.807) is 13.8 Å². The largest absolute Gasteiger partial charge is 0.416 e. The summed E-state index contributed by atoms with van der Waals surface area (Å²) in [5.41, 5.74) is -1.05. The van der Waals surface area contributed by atoms with E-state index in [1.807, 2.05) is 0 Å². The van der Waals surface area contributed by atoms with Gasteiger partial charge >= 0.3 is 6.18 Å². The molecule has 1 amide bonds. The Morgan fingerprint density at radius 2 is 1.69 bits per heavy atom. The van der Waals surface area contributed by atoms with Crippen molar-refractivity contribution in [2.24, 2.45) is 5.92 Å². The first-order valence-corrected chi connectivity index (χ1v) is 10.1. The molecule has 0 radical (unpaired) electrons. The highest BCUT2D eigenvalue weighted by molar-refractivity contribution is 7.89. The maximum absolute atomic E-state index is 13.0. The van der Waals surface area contributed by atoms with Crippen molar-refractivity contribution in [2.75, 3.05) is 5.32 Å². The van der Waals surface area contributed by atoms with Gasteiger partial charge in [-0.3, -0.25) is 4.79 Å². The molecule has 0 saturated heterocycles. The van der Waals surface area contributed by atoms with Crippen LogP contribution in [0, 0.1) is 11.7 Å². The van der Waals surface area contributed by atoms with Crippen molar-refractivity contribution < 1.29 is 30.8 Å². The summed E-state index contributed by atoms with van der Waals surface area (Å²) in [6, 6.07) is 6.83. The third kappa shape index (κ3) is 6.53. The Labute approximate surface area is 166 Å². The van der Waals surface area contributed by atoms with Crippen LogP contribution in [0.15, 0.2) is 53.4 Å². The predicted molar refractivity (Wildman–Crippen MR) is 100 cm³/mol. The molecule has 2 aromatic carbocycles. The Morgan fingerprint density at radius 1 is 1.07 bits per heavy atom. The molecule has 0 aliphatic carbocycles. The Kier molecular flexibility index (Phi) is 7.02. The van der Waals surface area contributed by atoms with Crippen LogP contribution >= 0.6 is 0 Å². The third-order valence-electron chi connectivity index (χ3n) is 3.90. The molecule has 0 aliphatic rings. The van der Waals surface area contributed by atoms with Gasteiger partial charge in [-0.05, 0) is 54.8 Å². The lowest BCUT2D eigenvalue weighted by Crippen LogP contribution is -2.44. The Morgan fingerprint density at radius 3 is 2.24 bits per heavy atom. The summed E-state index contributed by atoms with van der Waals surface area (Å²) in [6.07, 6.45) is -4.48. The standard InChI is InChI=1S/C19H20F4N2O3S/c1-12(2)10-17(25-29(27,28)16-8-6-14(20)7-9-16)18(26)24-15-5-3-4-13(11-15)19(21,22)23/h3-9,11-12,17,25H,10H2,1-2H3,(H,24,26). The minimum Gasteiger partial charge on any atom is -0.325 e. The smallest absolute Gasteiger partial charge is 0.325 e. The second-order valence-electron chi connectivity index (χ2n) is 6.83. The van der Waals surface area contributed by atoms with Gasteiger partial charge in [0.05, 0.1) is 10.5 Å². The van der Waals surface area contributed by atoms with Gasteiger partial charge in [-0.2, -0.15) is 17.9 Å². The second kappa shape index (κ2) is 8.91. The fourth-order valence-electron chi connectivity index (χ4n) is 2.55. The summed E-state index contributed by atoms with van der Waals surface area (Å²) in [5.74, 6) is -1.52. The summed E-state index contributed by atoms with van der Waals surface area (Å²) < 4.78 is 78.8. The maximum Gasteiger partial charge on any atom is 0.416 e. The molecule has 1 unspecified atom stereocenters. The maximum atomic E-state index is 13.0. The molecule has 0 saturated carbocycles. The number of anilines is 1. The first-order valence-electron chi connectivity index (χ1n) is 8.64. The van der Waals surface area contributed by atoms with Crippen molar-refractivity contribution in [1.29, 1.82) is 0 Å². The second-order valence-corrected chi connectivity index (χ2v) is 8.54. The zero-order valence-electron chi connectivity index (χ0n) is 15.6. The molecule has 0 spiro atoms. The lowest BCUT2D eigenvalue weighted by molar-refractivity contribution is -0.137.